The lowest BCUT2D eigenvalue weighted by atomic mass is 9.87. The number of benzene rings is 3. The molecule has 3 rings (SSSR count). The quantitative estimate of drug-likeness (QED) is 0.444. The molecule has 0 bridgehead atoms. The van der Waals surface area contributed by atoms with E-state index in [1.807, 2.05) is 0 Å². The normalized spacial score (nSPS) is 12.7. The highest BCUT2D eigenvalue weighted by Gasteiger charge is 2.18. The van der Waals surface area contributed by atoms with Crippen LogP contribution in [0.2, 0.25) is 0 Å². The van der Waals surface area contributed by atoms with Crippen molar-refractivity contribution in [2.45, 2.75) is 67.1 Å². The van der Waals surface area contributed by atoms with Crippen LogP contribution >= 0.6 is 10.9 Å². The lowest BCUT2D eigenvalue weighted by Gasteiger charge is -2.26. The zero-order valence-corrected chi connectivity index (χ0v) is 18.3. The summed E-state index contributed by atoms with van der Waals surface area (Å²) in [5.41, 5.74) is 3.14. The second-order valence-corrected chi connectivity index (χ2v) is 11.5. The lowest BCUT2D eigenvalue weighted by molar-refractivity contribution is 0.589. The van der Waals surface area contributed by atoms with Gasteiger partial charge in [-0.2, -0.15) is 10.9 Å². The SMILES string of the molecule is CC(C)(C)c1ccc([SH](c2ccccc2)c2ccc(C(C)(C)C)cc2)cc1. The summed E-state index contributed by atoms with van der Waals surface area (Å²) in [4.78, 5) is 4.22. The first kappa shape index (κ1) is 19.8. The van der Waals surface area contributed by atoms with Crippen LogP contribution in [0.25, 0.3) is 0 Å². The van der Waals surface area contributed by atoms with Crippen LogP contribution in [0.3, 0.4) is 0 Å². The molecule has 0 saturated carbocycles. The molecule has 0 aromatic heterocycles. The fourth-order valence-electron chi connectivity index (χ4n) is 3.25. The van der Waals surface area contributed by atoms with Crippen molar-refractivity contribution >= 4 is 10.9 Å². The molecule has 3 aromatic carbocycles. The third-order valence-electron chi connectivity index (χ3n) is 5.00. The van der Waals surface area contributed by atoms with E-state index in [1.54, 1.807) is 0 Å². The Bertz CT molecular complexity index is 803. The molecule has 142 valence electrons. The van der Waals surface area contributed by atoms with E-state index >= 15 is 0 Å². The lowest BCUT2D eigenvalue weighted by Crippen LogP contribution is -2.10. The van der Waals surface area contributed by atoms with Gasteiger partial charge in [0.05, 0.1) is 0 Å². The molecule has 0 atom stereocenters. The second kappa shape index (κ2) is 7.56. The van der Waals surface area contributed by atoms with Crippen LogP contribution < -0.4 is 0 Å². The van der Waals surface area contributed by atoms with Crippen LogP contribution in [0.1, 0.15) is 52.7 Å². The molecule has 0 unspecified atom stereocenters. The summed E-state index contributed by atoms with van der Waals surface area (Å²) in [6.07, 6.45) is 0. The molecule has 0 fully saturated rings. The van der Waals surface area contributed by atoms with E-state index < -0.39 is 10.9 Å². The number of hydrogen-bond donors (Lipinski definition) is 1. The molecule has 0 N–H and O–H groups in total. The average molecular weight is 377 g/mol. The maximum atomic E-state index is 2.33. The van der Waals surface area contributed by atoms with Crippen LogP contribution in [0.15, 0.2) is 93.5 Å². The van der Waals surface area contributed by atoms with Crippen LogP contribution in [-0.4, -0.2) is 0 Å². The minimum Gasteiger partial charge on any atom is -0.173 e. The summed E-state index contributed by atoms with van der Waals surface area (Å²) >= 11 is 0. The van der Waals surface area contributed by atoms with Gasteiger partial charge < -0.3 is 0 Å². The first-order valence-electron chi connectivity index (χ1n) is 9.72. The number of thiol groups is 1. The van der Waals surface area contributed by atoms with Crippen molar-refractivity contribution < 1.29 is 0 Å². The van der Waals surface area contributed by atoms with Crippen molar-refractivity contribution in [3.8, 4) is 0 Å². The first-order chi connectivity index (χ1) is 12.7. The largest absolute Gasteiger partial charge is 0.173 e. The Kier molecular flexibility index (Phi) is 5.53. The predicted octanol–water partition coefficient (Wildman–Crippen LogP) is 7.76. The Morgan fingerprint density at radius 2 is 0.778 bits per heavy atom. The average Bonchev–Trinajstić information content (AvgIpc) is 2.62. The van der Waals surface area contributed by atoms with Crippen molar-refractivity contribution in [1.29, 1.82) is 0 Å². The Balaban J connectivity index is 2.05. The zero-order chi connectivity index (χ0) is 19.7. The van der Waals surface area contributed by atoms with E-state index in [4.69, 9.17) is 0 Å². The Labute approximate surface area is 168 Å². The molecule has 0 aliphatic heterocycles. The molecular formula is C26H32S. The Morgan fingerprint density at radius 3 is 1.11 bits per heavy atom. The van der Waals surface area contributed by atoms with Gasteiger partial charge in [-0.15, -0.1) is 0 Å². The molecule has 27 heavy (non-hydrogen) atoms. The highest BCUT2D eigenvalue weighted by Crippen LogP contribution is 2.51. The van der Waals surface area contributed by atoms with Gasteiger partial charge in [0.1, 0.15) is 0 Å². The van der Waals surface area contributed by atoms with Crippen molar-refractivity contribution in [1.82, 2.24) is 0 Å². The predicted molar refractivity (Wildman–Crippen MR) is 121 cm³/mol. The first-order valence-corrected chi connectivity index (χ1v) is 11.1. The highest BCUT2D eigenvalue weighted by atomic mass is 32.2. The Morgan fingerprint density at radius 1 is 0.444 bits per heavy atom. The fraction of sp³-hybridized carbons (Fsp3) is 0.308. The molecule has 0 amide bonds. The standard InChI is InChI=1S/C26H32S/c1-25(2,3)20-12-16-23(17-13-20)27(22-10-8-7-9-11-22)24-18-14-21(15-19-24)26(4,5)6/h7-19,27H,1-6H3. The van der Waals surface area contributed by atoms with E-state index in [1.165, 1.54) is 25.8 Å². The van der Waals surface area contributed by atoms with Crippen molar-refractivity contribution in [3.63, 3.8) is 0 Å². The van der Waals surface area contributed by atoms with E-state index in [-0.39, 0.29) is 10.8 Å². The minimum atomic E-state index is -0.542. The molecular weight excluding hydrogens is 344 g/mol. The van der Waals surface area contributed by atoms with E-state index in [2.05, 4.69) is 120 Å². The molecule has 0 heterocycles. The van der Waals surface area contributed by atoms with Gasteiger partial charge in [0.2, 0.25) is 0 Å². The van der Waals surface area contributed by atoms with Gasteiger partial charge >= 0.3 is 0 Å². The van der Waals surface area contributed by atoms with Crippen LogP contribution in [0.5, 0.6) is 0 Å². The number of hydrogen-bond acceptors (Lipinski definition) is 0. The van der Waals surface area contributed by atoms with E-state index in [0.29, 0.717) is 0 Å². The summed E-state index contributed by atoms with van der Waals surface area (Å²) in [6, 6.07) is 29.5. The molecule has 3 aromatic rings. The molecule has 1 heteroatoms. The zero-order valence-electron chi connectivity index (χ0n) is 17.5. The molecule has 0 aliphatic carbocycles. The summed E-state index contributed by atoms with van der Waals surface area (Å²) in [7, 11) is -0.542. The smallest absolute Gasteiger partial charge is 0.00450 e. The highest BCUT2D eigenvalue weighted by molar-refractivity contribution is 8.17. The fourth-order valence-corrected chi connectivity index (χ4v) is 5.50. The topological polar surface area (TPSA) is 0 Å². The molecule has 0 saturated heterocycles. The van der Waals surface area contributed by atoms with Crippen molar-refractivity contribution in [2.24, 2.45) is 0 Å². The van der Waals surface area contributed by atoms with Gasteiger partial charge in [0.15, 0.2) is 0 Å². The summed E-state index contributed by atoms with van der Waals surface area (Å²) < 4.78 is 0. The van der Waals surface area contributed by atoms with Crippen LogP contribution in [0, 0.1) is 0 Å². The minimum absolute atomic E-state index is 0.183. The third kappa shape index (κ3) is 4.65. The van der Waals surface area contributed by atoms with Crippen molar-refractivity contribution in [2.75, 3.05) is 0 Å². The van der Waals surface area contributed by atoms with Gasteiger partial charge in [0.25, 0.3) is 0 Å². The maximum Gasteiger partial charge on any atom is -0.00450 e. The van der Waals surface area contributed by atoms with Gasteiger partial charge in [-0.3, -0.25) is 0 Å². The van der Waals surface area contributed by atoms with E-state index in [9.17, 15) is 0 Å². The van der Waals surface area contributed by atoms with Gasteiger partial charge in [0, 0.05) is 0 Å². The maximum absolute atomic E-state index is 2.33. The Hall–Kier alpha value is -1.99. The van der Waals surface area contributed by atoms with E-state index in [0.717, 1.165) is 0 Å². The van der Waals surface area contributed by atoms with Gasteiger partial charge in [-0.05, 0) is 73.0 Å². The molecule has 0 radical (unpaired) electrons. The van der Waals surface area contributed by atoms with Crippen molar-refractivity contribution in [3.05, 3.63) is 90.0 Å². The molecule has 0 nitrogen and oxygen atoms in total. The van der Waals surface area contributed by atoms with Gasteiger partial charge in [-0.1, -0.05) is 84.0 Å². The molecule has 0 spiro atoms. The second-order valence-electron chi connectivity index (χ2n) is 9.26. The third-order valence-corrected chi connectivity index (χ3v) is 7.44. The molecule has 0 aliphatic rings. The van der Waals surface area contributed by atoms with Crippen LogP contribution in [0.4, 0.5) is 0 Å². The number of rotatable bonds is 3. The van der Waals surface area contributed by atoms with Gasteiger partial charge in [-0.25, -0.2) is 0 Å². The summed E-state index contributed by atoms with van der Waals surface area (Å²) in [6.45, 7) is 13.6. The summed E-state index contributed by atoms with van der Waals surface area (Å²) in [5.74, 6) is 0. The van der Waals surface area contributed by atoms with Crippen LogP contribution in [-0.2, 0) is 10.8 Å². The summed E-state index contributed by atoms with van der Waals surface area (Å²) in [5, 5.41) is 0. The monoisotopic (exact) mass is 376 g/mol.